The van der Waals surface area contributed by atoms with Crippen LogP contribution in [0.2, 0.25) is 0 Å². The van der Waals surface area contributed by atoms with Crippen LogP contribution in [0.15, 0.2) is 42.5 Å². The number of hydrogen-bond acceptors (Lipinski definition) is 2. The number of nitrogens with zero attached hydrogens (tertiary/aromatic N) is 1. The Hall–Kier alpha value is -2.01. The van der Waals surface area contributed by atoms with Crippen molar-refractivity contribution < 1.29 is 13.2 Å². The van der Waals surface area contributed by atoms with Crippen LogP contribution < -0.4 is 10.2 Å². The second-order valence-corrected chi connectivity index (χ2v) is 6.32. The van der Waals surface area contributed by atoms with E-state index in [4.69, 9.17) is 0 Å². The fourth-order valence-electron chi connectivity index (χ4n) is 3.31. The molecular formula is C19H21F3N2. The SMILES string of the molecule is Cc1ccc(N2CCNCC2c2ccc(C(F)(F)F)cc2)c(C)c1. The molecule has 24 heavy (non-hydrogen) atoms. The minimum atomic E-state index is -4.30. The summed E-state index contributed by atoms with van der Waals surface area (Å²) in [7, 11) is 0. The Morgan fingerprint density at radius 1 is 1.04 bits per heavy atom. The van der Waals surface area contributed by atoms with Gasteiger partial charge in [0.05, 0.1) is 11.6 Å². The van der Waals surface area contributed by atoms with E-state index in [0.29, 0.717) is 0 Å². The van der Waals surface area contributed by atoms with Gasteiger partial charge < -0.3 is 10.2 Å². The van der Waals surface area contributed by atoms with Gasteiger partial charge in [0.1, 0.15) is 0 Å². The van der Waals surface area contributed by atoms with E-state index in [1.54, 1.807) is 12.1 Å². The molecule has 2 aromatic carbocycles. The van der Waals surface area contributed by atoms with Gasteiger partial charge in [-0.05, 0) is 43.2 Å². The van der Waals surface area contributed by atoms with Gasteiger partial charge in [0, 0.05) is 25.3 Å². The summed E-state index contributed by atoms with van der Waals surface area (Å²) in [5.74, 6) is 0. The van der Waals surface area contributed by atoms with E-state index in [1.807, 2.05) is 0 Å². The second kappa shape index (κ2) is 6.48. The fourth-order valence-corrected chi connectivity index (χ4v) is 3.31. The molecular weight excluding hydrogens is 313 g/mol. The third-order valence-electron chi connectivity index (χ3n) is 4.53. The van der Waals surface area contributed by atoms with Crippen LogP contribution in [0.25, 0.3) is 0 Å². The van der Waals surface area contributed by atoms with Crippen LogP contribution in [0.4, 0.5) is 18.9 Å². The Morgan fingerprint density at radius 3 is 2.38 bits per heavy atom. The Bertz CT molecular complexity index is 708. The number of aryl methyl sites for hydroxylation is 2. The van der Waals surface area contributed by atoms with Crippen LogP contribution >= 0.6 is 0 Å². The molecule has 2 nitrogen and oxygen atoms in total. The van der Waals surface area contributed by atoms with Gasteiger partial charge in [-0.25, -0.2) is 0 Å². The minimum Gasteiger partial charge on any atom is -0.362 e. The molecule has 1 atom stereocenters. The van der Waals surface area contributed by atoms with Crippen LogP contribution in [-0.4, -0.2) is 19.6 Å². The first-order valence-electron chi connectivity index (χ1n) is 8.08. The molecule has 1 fully saturated rings. The van der Waals surface area contributed by atoms with Crippen molar-refractivity contribution in [3.05, 3.63) is 64.7 Å². The van der Waals surface area contributed by atoms with Gasteiger partial charge in [-0.1, -0.05) is 29.8 Å². The number of anilines is 1. The summed E-state index contributed by atoms with van der Waals surface area (Å²) in [6.07, 6.45) is -4.30. The Balaban J connectivity index is 1.92. The predicted molar refractivity (Wildman–Crippen MR) is 90.3 cm³/mol. The smallest absolute Gasteiger partial charge is 0.362 e. The lowest BCUT2D eigenvalue weighted by Crippen LogP contribution is -2.46. The summed E-state index contributed by atoms with van der Waals surface area (Å²) < 4.78 is 38.3. The number of nitrogens with one attached hydrogen (secondary N) is 1. The van der Waals surface area contributed by atoms with Crippen LogP contribution in [0, 0.1) is 13.8 Å². The highest BCUT2D eigenvalue weighted by Gasteiger charge is 2.31. The standard InChI is InChI=1S/C19H21F3N2/c1-13-3-8-17(14(2)11-13)24-10-9-23-12-18(24)15-4-6-16(7-5-15)19(20,21)22/h3-8,11,18,23H,9-10,12H2,1-2H3. The van der Waals surface area contributed by atoms with E-state index < -0.39 is 11.7 Å². The molecule has 0 radical (unpaired) electrons. The molecule has 2 aromatic rings. The number of piperazine rings is 1. The average Bonchev–Trinajstić information content (AvgIpc) is 2.54. The van der Waals surface area contributed by atoms with Gasteiger partial charge in [0.15, 0.2) is 0 Å². The Kier molecular flexibility index (Phi) is 4.54. The summed E-state index contributed by atoms with van der Waals surface area (Å²) in [6, 6.07) is 11.9. The van der Waals surface area contributed by atoms with Crippen molar-refractivity contribution in [1.29, 1.82) is 0 Å². The fraction of sp³-hybridized carbons (Fsp3) is 0.368. The van der Waals surface area contributed by atoms with Crippen molar-refractivity contribution in [2.75, 3.05) is 24.5 Å². The van der Waals surface area contributed by atoms with Gasteiger partial charge >= 0.3 is 6.18 Å². The highest BCUT2D eigenvalue weighted by molar-refractivity contribution is 5.56. The average molecular weight is 334 g/mol. The lowest BCUT2D eigenvalue weighted by atomic mass is 9.99. The van der Waals surface area contributed by atoms with Gasteiger partial charge in [0.25, 0.3) is 0 Å². The van der Waals surface area contributed by atoms with Crippen LogP contribution in [0.3, 0.4) is 0 Å². The molecule has 1 aliphatic rings. The number of rotatable bonds is 2. The number of benzene rings is 2. The molecule has 3 rings (SSSR count). The molecule has 1 saturated heterocycles. The number of halogens is 3. The number of hydrogen-bond donors (Lipinski definition) is 1. The number of alkyl halides is 3. The first-order chi connectivity index (χ1) is 11.4. The van der Waals surface area contributed by atoms with E-state index in [2.05, 4.69) is 42.3 Å². The van der Waals surface area contributed by atoms with Gasteiger partial charge in [-0.3, -0.25) is 0 Å². The molecule has 1 unspecified atom stereocenters. The maximum Gasteiger partial charge on any atom is 0.416 e. The van der Waals surface area contributed by atoms with Crippen molar-refractivity contribution >= 4 is 5.69 Å². The Morgan fingerprint density at radius 2 is 1.75 bits per heavy atom. The molecule has 0 aliphatic carbocycles. The van der Waals surface area contributed by atoms with Gasteiger partial charge in [-0.2, -0.15) is 13.2 Å². The van der Waals surface area contributed by atoms with Crippen molar-refractivity contribution in [1.82, 2.24) is 5.32 Å². The molecule has 0 amide bonds. The van der Waals surface area contributed by atoms with E-state index in [9.17, 15) is 13.2 Å². The first-order valence-corrected chi connectivity index (χ1v) is 8.08. The topological polar surface area (TPSA) is 15.3 Å². The predicted octanol–water partition coefficient (Wildman–Crippen LogP) is 4.47. The molecule has 0 aromatic heterocycles. The van der Waals surface area contributed by atoms with E-state index in [0.717, 1.165) is 30.9 Å². The summed E-state index contributed by atoms with van der Waals surface area (Å²) in [5, 5.41) is 3.34. The molecule has 1 heterocycles. The minimum absolute atomic E-state index is 0.0300. The third kappa shape index (κ3) is 3.41. The molecule has 128 valence electrons. The van der Waals surface area contributed by atoms with Crippen molar-refractivity contribution in [3.63, 3.8) is 0 Å². The third-order valence-corrected chi connectivity index (χ3v) is 4.53. The summed E-state index contributed by atoms with van der Waals surface area (Å²) in [4.78, 5) is 2.29. The monoisotopic (exact) mass is 334 g/mol. The molecule has 1 aliphatic heterocycles. The lowest BCUT2D eigenvalue weighted by molar-refractivity contribution is -0.137. The summed E-state index contributed by atoms with van der Waals surface area (Å²) >= 11 is 0. The van der Waals surface area contributed by atoms with Crippen molar-refractivity contribution in [3.8, 4) is 0 Å². The van der Waals surface area contributed by atoms with E-state index in [-0.39, 0.29) is 6.04 Å². The highest BCUT2D eigenvalue weighted by Crippen LogP contribution is 2.34. The largest absolute Gasteiger partial charge is 0.416 e. The molecule has 0 bridgehead atoms. The molecule has 5 heteroatoms. The normalized spacial score (nSPS) is 18.7. The van der Waals surface area contributed by atoms with Crippen molar-refractivity contribution in [2.24, 2.45) is 0 Å². The molecule has 0 spiro atoms. The zero-order valence-corrected chi connectivity index (χ0v) is 13.8. The van der Waals surface area contributed by atoms with Gasteiger partial charge in [-0.15, -0.1) is 0 Å². The second-order valence-electron chi connectivity index (χ2n) is 6.32. The first kappa shape index (κ1) is 16.8. The van der Waals surface area contributed by atoms with E-state index >= 15 is 0 Å². The van der Waals surface area contributed by atoms with Crippen LogP contribution in [-0.2, 0) is 6.18 Å². The molecule has 0 saturated carbocycles. The van der Waals surface area contributed by atoms with Crippen LogP contribution in [0.5, 0.6) is 0 Å². The zero-order valence-electron chi connectivity index (χ0n) is 13.8. The van der Waals surface area contributed by atoms with Crippen LogP contribution in [0.1, 0.15) is 28.3 Å². The zero-order chi connectivity index (χ0) is 17.3. The lowest BCUT2D eigenvalue weighted by Gasteiger charge is -2.39. The summed E-state index contributed by atoms with van der Waals surface area (Å²) in [5.41, 5.74) is 3.83. The van der Waals surface area contributed by atoms with E-state index in [1.165, 1.54) is 23.3 Å². The highest BCUT2D eigenvalue weighted by atomic mass is 19.4. The maximum atomic E-state index is 12.8. The van der Waals surface area contributed by atoms with Gasteiger partial charge in [0.2, 0.25) is 0 Å². The Labute approximate surface area is 140 Å². The maximum absolute atomic E-state index is 12.8. The summed E-state index contributed by atoms with van der Waals surface area (Å²) in [6.45, 7) is 6.55. The quantitative estimate of drug-likeness (QED) is 0.871. The molecule has 1 N–H and O–H groups in total. The van der Waals surface area contributed by atoms with Crippen molar-refractivity contribution in [2.45, 2.75) is 26.1 Å².